The van der Waals surface area contributed by atoms with E-state index in [4.69, 9.17) is 10.2 Å². The van der Waals surface area contributed by atoms with Crippen LogP contribution in [0, 0.1) is 0 Å². The highest BCUT2D eigenvalue weighted by Gasteiger charge is 2.13. The lowest BCUT2D eigenvalue weighted by molar-refractivity contribution is -0.146. The quantitative estimate of drug-likeness (QED) is 0.532. The molecular weight excluding hydrogens is 200 g/mol. The molecule has 1 rings (SSSR count). The third-order valence-electron chi connectivity index (χ3n) is 1.83. The zero-order chi connectivity index (χ0) is 11.3. The maximum atomic E-state index is 11.3. The first-order chi connectivity index (χ1) is 7.11. The van der Waals surface area contributed by atoms with Gasteiger partial charge in [-0.3, -0.25) is 4.79 Å². The molecule has 1 aromatic rings. The molecule has 6 nitrogen and oxygen atoms in total. The van der Waals surface area contributed by atoms with Gasteiger partial charge in [0.15, 0.2) is 6.10 Å². The van der Waals surface area contributed by atoms with E-state index in [-0.39, 0.29) is 18.9 Å². The van der Waals surface area contributed by atoms with Crippen LogP contribution in [-0.2, 0) is 4.79 Å². The van der Waals surface area contributed by atoms with Crippen LogP contribution in [0.3, 0.4) is 0 Å². The van der Waals surface area contributed by atoms with Crippen LogP contribution in [0.5, 0.6) is 0 Å². The van der Waals surface area contributed by atoms with Gasteiger partial charge in [-0.25, -0.2) is 4.79 Å². The zero-order valence-corrected chi connectivity index (χ0v) is 7.93. The van der Waals surface area contributed by atoms with Crippen LogP contribution in [0.25, 0.3) is 0 Å². The van der Waals surface area contributed by atoms with Crippen molar-refractivity contribution in [3.05, 3.63) is 24.0 Å². The van der Waals surface area contributed by atoms with Crippen LogP contribution in [0.2, 0.25) is 0 Å². The number of carboxylic acid groups (broad SMARTS) is 1. The van der Waals surface area contributed by atoms with Crippen molar-refractivity contribution in [3.8, 4) is 0 Å². The molecule has 6 heteroatoms. The number of aliphatic hydroxyl groups is 1. The predicted octanol–water partition coefficient (Wildman–Crippen LogP) is -0.420. The summed E-state index contributed by atoms with van der Waals surface area (Å²) < 4.78 is 0. The lowest BCUT2D eigenvalue weighted by Crippen LogP contribution is -2.30. The van der Waals surface area contributed by atoms with E-state index < -0.39 is 12.1 Å². The van der Waals surface area contributed by atoms with E-state index in [0.717, 1.165) is 0 Å². The number of aliphatic carboxylic acids is 1. The standard InChI is InChI=1S/C9H12N2O4/c12-7(9(14)15)3-5-11-8(13)6-2-1-4-10-6/h1-2,4,7,10,12H,3,5H2,(H,11,13)(H,14,15)/t7-/m0/s1. The van der Waals surface area contributed by atoms with Crippen LogP contribution in [0.15, 0.2) is 18.3 Å². The predicted molar refractivity (Wildman–Crippen MR) is 51.4 cm³/mol. The summed E-state index contributed by atoms with van der Waals surface area (Å²) in [6, 6.07) is 3.28. The molecule has 0 aliphatic rings. The number of rotatable bonds is 5. The molecule has 0 fully saturated rings. The maximum absolute atomic E-state index is 11.3. The van der Waals surface area contributed by atoms with E-state index in [1.54, 1.807) is 18.3 Å². The Morgan fingerprint density at radius 2 is 2.27 bits per heavy atom. The summed E-state index contributed by atoms with van der Waals surface area (Å²) in [6.45, 7) is 0.116. The van der Waals surface area contributed by atoms with E-state index >= 15 is 0 Å². The Morgan fingerprint density at radius 3 is 2.80 bits per heavy atom. The van der Waals surface area contributed by atoms with Crippen molar-refractivity contribution in [2.45, 2.75) is 12.5 Å². The summed E-state index contributed by atoms with van der Waals surface area (Å²) in [7, 11) is 0. The van der Waals surface area contributed by atoms with Crippen molar-refractivity contribution in [2.24, 2.45) is 0 Å². The van der Waals surface area contributed by atoms with E-state index in [2.05, 4.69) is 10.3 Å². The van der Waals surface area contributed by atoms with Gasteiger partial charge in [-0.15, -0.1) is 0 Å². The SMILES string of the molecule is O=C(NCC[C@H](O)C(=O)O)c1ccc[nH]1. The molecule has 0 spiro atoms. The first-order valence-corrected chi connectivity index (χ1v) is 4.43. The topological polar surface area (TPSA) is 102 Å². The number of carbonyl (C=O) groups is 2. The molecule has 15 heavy (non-hydrogen) atoms. The van der Waals surface area contributed by atoms with Crippen molar-refractivity contribution in [1.82, 2.24) is 10.3 Å². The van der Waals surface area contributed by atoms with Crippen molar-refractivity contribution in [3.63, 3.8) is 0 Å². The fraction of sp³-hybridized carbons (Fsp3) is 0.333. The van der Waals surface area contributed by atoms with Gasteiger partial charge >= 0.3 is 5.97 Å². The Balaban J connectivity index is 2.27. The fourth-order valence-corrected chi connectivity index (χ4v) is 1.01. The molecular formula is C9H12N2O4. The summed E-state index contributed by atoms with van der Waals surface area (Å²) in [5.74, 6) is -1.61. The molecule has 0 aliphatic heterocycles. The summed E-state index contributed by atoms with van der Waals surface area (Å²) in [5.41, 5.74) is 0.403. The lowest BCUT2D eigenvalue weighted by atomic mass is 10.2. The normalized spacial score (nSPS) is 12.1. The van der Waals surface area contributed by atoms with Gasteiger partial charge in [-0.2, -0.15) is 0 Å². The highest BCUT2D eigenvalue weighted by Crippen LogP contribution is 1.95. The van der Waals surface area contributed by atoms with Gasteiger partial charge in [0.2, 0.25) is 0 Å². The zero-order valence-electron chi connectivity index (χ0n) is 7.93. The monoisotopic (exact) mass is 212 g/mol. The molecule has 1 atom stereocenters. The molecule has 1 amide bonds. The van der Waals surface area contributed by atoms with Crippen LogP contribution in [0.1, 0.15) is 16.9 Å². The van der Waals surface area contributed by atoms with Gasteiger partial charge < -0.3 is 20.5 Å². The van der Waals surface area contributed by atoms with Crippen LogP contribution >= 0.6 is 0 Å². The van der Waals surface area contributed by atoms with Gasteiger partial charge in [-0.05, 0) is 12.1 Å². The number of aromatic nitrogens is 1. The highest BCUT2D eigenvalue weighted by molar-refractivity contribution is 5.92. The molecule has 0 bridgehead atoms. The minimum absolute atomic E-state index is 0.0121. The van der Waals surface area contributed by atoms with Gasteiger partial charge in [0.25, 0.3) is 5.91 Å². The van der Waals surface area contributed by atoms with Crippen LogP contribution in [0.4, 0.5) is 0 Å². The molecule has 0 saturated heterocycles. The fourth-order valence-electron chi connectivity index (χ4n) is 1.01. The molecule has 82 valence electrons. The van der Waals surface area contributed by atoms with Gasteiger partial charge in [-0.1, -0.05) is 0 Å². The van der Waals surface area contributed by atoms with E-state index in [1.165, 1.54) is 0 Å². The number of hydrogen-bond acceptors (Lipinski definition) is 3. The number of H-pyrrole nitrogens is 1. The van der Waals surface area contributed by atoms with Crippen molar-refractivity contribution < 1.29 is 19.8 Å². The molecule has 0 aromatic carbocycles. The highest BCUT2D eigenvalue weighted by atomic mass is 16.4. The number of aliphatic hydroxyl groups excluding tert-OH is 1. The number of carbonyl (C=O) groups excluding carboxylic acids is 1. The summed E-state index contributed by atoms with van der Waals surface area (Å²) >= 11 is 0. The Bertz CT molecular complexity index is 334. The maximum Gasteiger partial charge on any atom is 0.332 e. The summed E-state index contributed by atoms with van der Waals surface area (Å²) in [4.78, 5) is 24.2. The van der Waals surface area contributed by atoms with Gasteiger partial charge in [0.05, 0.1) is 0 Å². The van der Waals surface area contributed by atoms with E-state index in [1.807, 2.05) is 0 Å². The molecule has 1 heterocycles. The third kappa shape index (κ3) is 3.43. The number of aromatic amines is 1. The summed E-state index contributed by atoms with van der Waals surface area (Å²) in [5, 5.41) is 19.8. The van der Waals surface area contributed by atoms with Crippen LogP contribution < -0.4 is 5.32 Å². The van der Waals surface area contributed by atoms with Gasteiger partial charge in [0.1, 0.15) is 5.69 Å². The van der Waals surface area contributed by atoms with Crippen molar-refractivity contribution in [1.29, 1.82) is 0 Å². The third-order valence-corrected chi connectivity index (χ3v) is 1.83. The largest absolute Gasteiger partial charge is 0.479 e. The smallest absolute Gasteiger partial charge is 0.332 e. The number of nitrogens with one attached hydrogen (secondary N) is 2. The number of hydrogen-bond donors (Lipinski definition) is 4. The molecule has 4 N–H and O–H groups in total. The van der Waals surface area contributed by atoms with E-state index in [9.17, 15) is 9.59 Å². The first-order valence-electron chi connectivity index (χ1n) is 4.43. The molecule has 0 saturated carbocycles. The Morgan fingerprint density at radius 1 is 1.53 bits per heavy atom. The number of carboxylic acids is 1. The minimum Gasteiger partial charge on any atom is -0.479 e. The van der Waals surface area contributed by atoms with Gasteiger partial charge in [0, 0.05) is 19.2 Å². The Kier molecular flexibility index (Phi) is 3.87. The second kappa shape index (κ2) is 5.16. The minimum atomic E-state index is -1.44. The molecule has 0 unspecified atom stereocenters. The van der Waals surface area contributed by atoms with E-state index in [0.29, 0.717) is 5.69 Å². The van der Waals surface area contributed by atoms with Crippen LogP contribution in [-0.4, -0.2) is 39.7 Å². The average molecular weight is 212 g/mol. The molecule has 0 aliphatic carbocycles. The second-order valence-corrected chi connectivity index (χ2v) is 2.98. The second-order valence-electron chi connectivity index (χ2n) is 2.98. The van der Waals surface area contributed by atoms with Crippen molar-refractivity contribution in [2.75, 3.05) is 6.54 Å². The Labute approximate surface area is 85.9 Å². The average Bonchev–Trinajstić information content (AvgIpc) is 2.70. The Hall–Kier alpha value is -1.82. The lowest BCUT2D eigenvalue weighted by Gasteiger charge is -2.06. The summed E-state index contributed by atoms with van der Waals surface area (Å²) in [6.07, 6.45) is 0.164. The molecule has 1 aromatic heterocycles. The van der Waals surface area contributed by atoms with Crippen molar-refractivity contribution >= 4 is 11.9 Å². The molecule has 0 radical (unpaired) electrons. The number of amides is 1. The first kappa shape index (κ1) is 11.3.